The van der Waals surface area contributed by atoms with Gasteiger partial charge < -0.3 is 9.85 Å². The Hall–Kier alpha value is -0.0800. The molecule has 0 bridgehead atoms. The van der Waals surface area contributed by atoms with Gasteiger partial charge in [-0.3, -0.25) is 0 Å². The number of likely N-dealkylation sites (tertiary alicyclic amines) is 1. The van der Waals surface area contributed by atoms with E-state index in [4.69, 9.17) is 0 Å². The number of piperidine rings is 1. The molecule has 0 aromatic carbocycles. The Morgan fingerprint density at radius 3 is 1.73 bits per heavy atom. The fourth-order valence-electron chi connectivity index (χ4n) is 3.32. The van der Waals surface area contributed by atoms with Gasteiger partial charge in [0.2, 0.25) is 0 Å². The molecule has 2 heteroatoms. The molecule has 0 spiro atoms. The fraction of sp³-hybridized carbons (Fsp3) is 1.00. The molecule has 2 rings (SSSR count). The van der Waals surface area contributed by atoms with Gasteiger partial charge >= 0.3 is 0 Å². The van der Waals surface area contributed by atoms with Gasteiger partial charge in [-0.2, -0.15) is 0 Å². The molecule has 0 amide bonds. The van der Waals surface area contributed by atoms with Crippen molar-refractivity contribution in [3.05, 3.63) is 5.21 Å². The van der Waals surface area contributed by atoms with Crippen LogP contribution < -0.4 is 0 Å². The first kappa shape index (κ1) is 11.4. The van der Waals surface area contributed by atoms with Crippen LogP contribution in [0.1, 0.15) is 64.2 Å². The second-order valence-corrected chi connectivity index (χ2v) is 5.46. The van der Waals surface area contributed by atoms with Crippen LogP contribution in [0.2, 0.25) is 0 Å². The molecule has 1 saturated heterocycles. The molecule has 15 heavy (non-hydrogen) atoms. The lowest BCUT2D eigenvalue weighted by Gasteiger charge is -2.51. The van der Waals surface area contributed by atoms with Gasteiger partial charge in [-0.05, 0) is 44.9 Å². The number of hydrogen-bond acceptors (Lipinski definition) is 1. The lowest BCUT2D eigenvalue weighted by molar-refractivity contribution is -0.910. The van der Waals surface area contributed by atoms with Crippen molar-refractivity contribution in [2.75, 3.05) is 13.1 Å². The molecule has 0 N–H and O–H groups in total. The van der Waals surface area contributed by atoms with Crippen LogP contribution in [0, 0.1) is 5.21 Å². The maximum atomic E-state index is 12.7. The fourth-order valence-corrected chi connectivity index (χ4v) is 3.32. The van der Waals surface area contributed by atoms with E-state index in [1.54, 1.807) is 0 Å². The zero-order valence-electron chi connectivity index (χ0n) is 9.92. The summed E-state index contributed by atoms with van der Waals surface area (Å²) in [7, 11) is 0. The number of hydrogen-bond donors (Lipinski definition) is 0. The third kappa shape index (κ3) is 2.94. The molecule has 2 aliphatic rings. The molecule has 0 atom stereocenters. The van der Waals surface area contributed by atoms with Gasteiger partial charge in [0.25, 0.3) is 0 Å². The van der Waals surface area contributed by atoms with Gasteiger partial charge in [0.15, 0.2) is 0 Å². The van der Waals surface area contributed by atoms with Crippen LogP contribution in [-0.2, 0) is 0 Å². The molecule has 1 saturated carbocycles. The molecule has 0 aromatic heterocycles. The molecule has 2 nitrogen and oxygen atoms in total. The van der Waals surface area contributed by atoms with Crippen LogP contribution in [-0.4, -0.2) is 23.8 Å². The molecule has 0 radical (unpaired) electrons. The Morgan fingerprint density at radius 2 is 1.13 bits per heavy atom. The minimum Gasteiger partial charge on any atom is -0.633 e. The highest BCUT2D eigenvalue weighted by molar-refractivity contribution is 4.68. The van der Waals surface area contributed by atoms with Crippen molar-refractivity contribution in [1.82, 2.24) is 0 Å². The predicted molar refractivity (Wildman–Crippen MR) is 63.3 cm³/mol. The Morgan fingerprint density at radius 1 is 0.667 bits per heavy atom. The average molecular weight is 211 g/mol. The van der Waals surface area contributed by atoms with E-state index < -0.39 is 0 Å². The lowest BCUT2D eigenvalue weighted by Crippen LogP contribution is -2.53. The summed E-state index contributed by atoms with van der Waals surface area (Å²) in [5, 5.41) is 12.7. The zero-order valence-corrected chi connectivity index (χ0v) is 9.92. The van der Waals surface area contributed by atoms with E-state index in [1.165, 1.54) is 64.2 Å². The molecule has 1 aliphatic carbocycles. The standard InChI is InChI=1S/C13H25NO/c15-14(11-7-4-8-12-14)13-9-5-2-1-3-6-10-13/h13H,1-12H2. The van der Waals surface area contributed by atoms with Crippen molar-refractivity contribution in [2.24, 2.45) is 0 Å². The monoisotopic (exact) mass is 211 g/mol. The van der Waals surface area contributed by atoms with E-state index in [1.807, 2.05) is 0 Å². The van der Waals surface area contributed by atoms with Gasteiger partial charge in [0, 0.05) is 0 Å². The summed E-state index contributed by atoms with van der Waals surface area (Å²) in [5.74, 6) is 0. The molecule has 1 aliphatic heterocycles. The molecule has 88 valence electrons. The van der Waals surface area contributed by atoms with Crippen LogP contribution in [0.15, 0.2) is 0 Å². The van der Waals surface area contributed by atoms with Gasteiger partial charge in [-0.1, -0.05) is 19.3 Å². The summed E-state index contributed by atoms with van der Waals surface area (Å²) < 4.78 is 0.167. The van der Waals surface area contributed by atoms with Gasteiger partial charge in [0.1, 0.15) is 0 Å². The smallest absolute Gasteiger partial charge is 0.0887 e. The van der Waals surface area contributed by atoms with Crippen molar-refractivity contribution in [3.8, 4) is 0 Å². The second-order valence-electron chi connectivity index (χ2n) is 5.46. The van der Waals surface area contributed by atoms with Crippen LogP contribution in [0.25, 0.3) is 0 Å². The third-order valence-corrected chi connectivity index (χ3v) is 4.31. The Kier molecular flexibility index (Phi) is 4.04. The number of rotatable bonds is 1. The Bertz CT molecular complexity index is 179. The third-order valence-electron chi connectivity index (χ3n) is 4.31. The van der Waals surface area contributed by atoms with Crippen LogP contribution in [0.4, 0.5) is 0 Å². The van der Waals surface area contributed by atoms with Crippen LogP contribution >= 0.6 is 0 Å². The van der Waals surface area contributed by atoms with E-state index >= 15 is 0 Å². The number of hydroxylamine groups is 3. The largest absolute Gasteiger partial charge is 0.633 e. The topological polar surface area (TPSA) is 23.1 Å². The van der Waals surface area contributed by atoms with Gasteiger partial charge in [-0.25, -0.2) is 0 Å². The first-order valence-corrected chi connectivity index (χ1v) is 6.89. The normalized spacial score (nSPS) is 29.4. The van der Waals surface area contributed by atoms with Crippen molar-refractivity contribution in [2.45, 2.75) is 70.3 Å². The second kappa shape index (κ2) is 5.31. The predicted octanol–water partition coefficient (Wildman–Crippen LogP) is 3.60. The van der Waals surface area contributed by atoms with E-state index in [-0.39, 0.29) is 4.65 Å². The first-order chi connectivity index (χ1) is 7.31. The summed E-state index contributed by atoms with van der Waals surface area (Å²) in [6, 6.07) is 0.450. The maximum absolute atomic E-state index is 12.7. The zero-order chi connectivity index (χ0) is 10.6. The first-order valence-electron chi connectivity index (χ1n) is 6.89. The minimum absolute atomic E-state index is 0.167. The Labute approximate surface area is 93.8 Å². The molecular formula is C13H25NO. The average Bonchev–Trinajstić information content (AvgIpc) is 2.17. The number of nitrogens with zero attached hydrogens (tertiary/aromatic N) is 1. The van der Waals surface area contributed by atoms with Crippen molar-refractivity contribution in [1.29, 1.82) is 0 Å². The van der Waals surface area contributed by atoms with E-state index in [9.17, 15) is 5.21 Å². The molecule has 2 fully saturated rings. The minimum atomic E-state index is 0.167. The SMILES string of the molecule is [O-][N+]1(C2CCCCCCC2)CCCCC1. The summed E-state index contributed by atoms with van der Waals surface area (Å²) >= 11 is 0. The van der Waals surface area contributed by atoms with E-state index in [2.05, 4.69) is 0 Å². The highest BCUT2D eigenvalue weighted by atomic mass is 16.5. The van der Waals surface area contributed by atoms with Crippen molar-refractivity contribution < 1.29 is 4.65 Å². The summed E-state index contributed by atoms with van der Waals surface area (Å²) in [4.78, 5) is 0. The van der Waals surface area contributed by atoms with Crippen molar-refractivity contribution >= 4 is 0 Å². The van der Waals surface area contributed by atoms with Gasteiger partial charge in [-0.15, -0.1) is 0 Å². The van der Waals surface area contributed by atoms with Gasteiger partial charge in [0.05, 0.1) is 19.1 Å². The Balaban J connectivity index is 1.92. The highest BCUT2D eigenvalue weighted by Gasteiger charge is 2.30. The maximum Gasteiger partial charge on any atom is 0.0887 e. The molecular weight excluding hydrogens is 186 g/mol. The quantitative estimate of drug-likeness (QED) is 0.480. The molecule has 0 aromatic rings. The molecule has 1 heterocycles. The van der Waals surface area contributed by atoms with Crippen molar-refractivity contribution in [3.63, 3.8) is 0 Å². The highest BCUT2D eigenvalue weighted by Crippen LogP contribution is 2.29. The van der Waals surface area contributed by atoms with Crippen LogP contribution in [0.3, 0.4) is 0 Å². The summed E-state index contributed by atoms with van der Waals surface area (Å²) in [6.07, 6.45) is 12.7. The summed E-state index contributed by atoms with van der Waals surface area (Å²) in [5.41, 5.74) is 0. The van der Waals surface area contributed by atoms with E-state index in [0.717, 1.165) is 13.1 Å². The number of quaternary nitrogens is 1. The molecule has 0 unspecified atom stereocenters. The summed E-state index contributed by atoms with van der Waals surface area (Å²) in [6.45, 7) is 1.81. The van der Waals surface area contributed by atoms with Crippen LogP contribution in [0.5, 0.6) is 0 Å². The lowest BCUT2D eigenvalue weighted by atomic mass is 9.93. The van der Waals surface area contributed by atoms with E-state index in [0.29, 0.717) is 6.04 Å².